The molecule has 2 heterocycles. The van der Waals surface area contributed by atoms with E-state index in [4.69, 9.17) is 4.74 Å². The van der Waals surface area contributed by atoms with Crippen LogP contribution in [0.2, 0.25) is 0 Å². The Morgan fingerprint density at radius 3 is 2.56 bits per heavy atom. The van der Waals surface area contributed by atoms with Crippen molar-refractivity contribution in [3.63, 3.8) is 0 Å². The molecule has 4 nitrogen and oxygen atoms in total. The number of ether oxygens (including phenoxy) is 1. The Bertz CT molecular complexity index is 626. The van der Waals surface area contributed by atoms with Gasteiger partial charge in [-0.1, -0.05) is 25.0 Å². The van der Waals surface area contributed by atoms with Gasteiger partial charge in [0.2, 0.25) is 5.91 Å². The second-order valence-corrected chi connectivity index (χ2v) is 8.40. The van der Waals surface area contributed by atoms with Crippen molar-refractivity contribution in [2.45, 2.75) is 57.1 Å². The SMILES string of the molecule is O=C(CN1CCC(Cc2ccc(F)cc2)CC1)N1CCOC2CCCCC21. The van der Waals surface area contributed by atoms with Crippen molar-refractivity contribution in [3.8, 4) is 0 Å². The minimum absolute atomic E-state index is 0.171. The van der Waals surface area contributed by atoms with Crippen molar-refractivity contribution in [2.24, 2.45) is 5.92 Å². The van der Waals surface area contributed by atoms with Crippen LogP contribution in [0.5, 0.6) is 0 Å². The molecule has 2 aliphatic heterocycles. The van der Waals surface area contributed by atoms with Gasteiger partial charge in [0.15, 0.2) is 0 Å². The first-order valence-corrected chi connectivity index (χ1v) is 10.6. The first kappa shape index (κ1) is 18.9. The summed E-state index contributed by atoms with van der Waals surface area (Å²) in [4.78, 5) is 17.3. The van der Waals surface area contributed by atoms with Gasteiger partial charge in [0.1, 0.15) is 5.82 Å². The van der Waals surface area contributed by atoms with Crippen LogP contribution < -0.4 is 0 Å². The summed E-state index contributed by atoms with van der Waals surface area (Å²) in [5, 5.41) is 0. The van der Waals surface area contributed by atoms with Gasteiger partial charge >= 0.3 is 0 Å². The van der Waals surface area contributed by atoms with Crippen molar-refractivity contribution in [2.75, 3.05) is 32.8 Å². The molecule has 1 amide bonds. The lowest BCUT2D eigenvalue weighted by Gasteiger charge is -2.44. The van der Waals surface area contributed by atoms with E-state index in [9.17, 15) is 9.18 Å². The maximum absolute atomic E-state index is 13.0. The first-order chi connectivity index (χ1) is 13.2. The van der Waals surface area contributed by atoms with Gasteiger partial charge in [-0.25, -0.2) is 4.39 Å². The number of halogens is 1. The minimum atomic E-state index is -0.171. The number of hydrogen-bond donors (Lipinski definition) is 0. The van der Waals surface area contributed by atoms with Crippen LogP contribution >= 0.6 is 0 Å². The molecule has 3 aliphatic rings. The van der Waals surface area contributed by atoms with Crippen LogP contribution in [0.1, 0.15) is 44.1 Å². The van der Waals surface area contributed by atoms with E-state index in [1.165, 1.54) is 18.4 Å². The largest absolute Gasteiger partial charge is 0.374 e. The maximum Gasteiger partial charge on any atom is 0.237 e. The van der Waals surface area contributed by atoms with E-state index in [-0.39, 0.29) is 17.8 Å². The van der Waals surface area contributed by atoms with Crippen molar-refractivity contribution < 1.29 is 13.9 Å². The first-order valence-electron chi connectivity index (χ1n) is 10.6. The highest BCUT2D eigenvalue weighted by Crippen LogP contribution is 2.29. The molecule has 5 heteroatoms. The Balaban J connectivity index is 1.25. The summed E-state index contributed by atoms with van der Waals surface area (Å²) in [7, 11) is 0. The fourth-order valence-electron chi connectivity index (χ4n) is 4.99. The van der Waals surface area contributed by atoms with Gasteiger partial charge < -0.3 is 9.64 Å². The topological polar surface area (TPSA) is 32.8 Å². The van der Waals surface area contributed by atoms with Crippen LogP contribution in [-0.2, 0) is 16.0 Å². The zero-order valence-electron chi connectivity index (χ0n) is 16.1. The van der Waals surface area contributed by atoms with E-state index >= 15 is 0 Å². The van der Waals surface area contributed by atoms with Crippen LogP contribution in [0.25, 0.3) is 0 Å². The standard InChI is InChI=1S/C22H31FN2O2/c23-19-7-5-17(6-8-19)15-18-9-11-24(12-10-18)16-22(26)25-13-14-27-21-4-2-1-3-20(21)25/h5-8,18,20-21H,1-4,9-16H2. The highest BCUT2D eigenvalue weighted by atomic mass is 19.1. The van der Waals surface area contributed by atoms with Gasteiger partial charge in [0.05, 0.1) is 25.3 Å². The number of carbonyl (C=O) groups is 1. The van der Waals surface area contributed by atoms with Crippen LogP contribution in [0.3, 0.4) is 0 Å². The maximum atomic E-state index is 13.0. The second kappa shape index (κ2) is 8.70. The Labute approximate surface area is 161 Å². The highest BCUT2D eigenvalue weighted by Gasteiger charge is 2.37. The lowest BCUT2D eigenvalue weighted by Crippen LogP contribution is -2.57. The van der Waals surface area contributed by atoms with E-state index in [0.29, 0.717) is 25.1 Å². The van der Waals surface area contributed by atoms with Gasteiger partial charge in [-0.3, -0.25) is 9.69 Å². The number of hydrogen-bond acceptors (Lipinski definition) is 3. The van der Waals surface area contributed by atoms with Crippen LogP contribution in [0.15, 0.2) is 24.3 Å². The summed E-state index contributed by atoms with van der Waals surface area (Å²) in [6.45, 7) is 3.95. The quantitative estimate of drug-likeness (QED) is 0.811. The summed E-state index contributed by atoms with van der Waals surface area (Å²) in [6, 6.07) is 7.18. The molecule has 1 saturated carbocycles. The third-order valence-corrected chi connectivity index (χ3v) is 6.56. The molecule has 2 atom stereocenters. The third-order valence-electron chi connectivity index (χ3n) is 6.56. The van der Waals surface area contributed by atoms with E-state index in [1.807, 2.05) is 12.1 Å². The third kappa shape index (κ3) is 4.69. The van der Waals surface area contributed by atoms with E-state index in [0.717, 1.165) is 51.7 Å². The van der Waals surface area contributed by atoms with E-state index in [1.54, 1.807) is 12.1 Å². The number of morpholine rings is 1. The number of rotatable bonds is 4. The molecule has 1 aromatic carbocycles. The number of fused-ring (bicyclic) bond motifs is 1. The number of benzene rings is 1. The lowest BCUT2D eigenvalue weighted by atomic mass is 9.89. The van der Waals surface area contributed by atoms with Gasteiger partial charge in [0, 0.05) is 6.54 Å². The molecule has 0 spiro atoms. The number of carbonyl (C=O) groups excluding carboxylic acids is 1. The van der Waals surface area contributed by atoms with Crippen LogP contribution in [0.4, 0.5) is 4.39 Å². The summed E-state index contributed by atoms with van der Waals surface area (Å²) < 4.78 is 18.9. The summed E-state index contributed by atoms with van der Waals surface area (Å²) >= 11 is 0. The molecule has 148 valence electrons. The predicted molar refractivity (Wildman–Crippen MR) is 103 cm³/mol. The Morgan fingerprint density at radius 2 is 1.78 bits per heavy atom. The average Bonchev–Trinajstić information content (AvgIpc) is 2.71. The van der Waals surface area contributed by atoms with E-state index < -0.39 is 0 Å². The smallest absolute Gasteiger partial charge is 0.237 e. The molecule has 4 rings (SSSR count). The molecule has 0 radical (unpaired) electrons. The monoisotopic (exact) mass is 374 g/mol. The number of piperidine rings is 1. The van der Waals surface area contributed by atoms with Gasteiger partial charge in [0.25, 0.3) is 0 Å². The molecule has 1 aliphatic carbocycles. The van der Waals surface area contributed by atoms with Crippen LogP contribution in [0, 0.1) is 11.7 Å². The molecule has 0 aromatic heterocycles. The number of likely N-dealkylation sites (tertiary alicyclic amines) is 1. The van der Waals surface area contributed by atoms with Gasteiger partial charge in [-0.15, -0.1) is 0 Å². The molecule has 0 bridgehead atoms. The zero-order chi connectivity index (χ0) is 18.6. The van der Waals surface area contributed by atoms with Gasteiger partial charge in [-0.2, -0.15) is 0 Å². The fraction of sp³-hybridized carbons (Fsp3) is 0.682. The molecular formula is C22H31FN2O2. The van der Waals surface area contributed by atoms with Crippen molar-refractivity contribution in [3.05, 3.63) is 35.6 Å². The Morgan fingerprint density at radius 1 is 1.04 bits per heavy atom. The normalized spacial score (nSPS) is 27.4. The lowest BCUT2D eigenvalue weighted by molar-refractivity contribution is -0.151. The summed E-state index contributed by atoms with van der Waals surface area (Å²) in [6.07, 6.45) is 8.13. The molecule has 2 saturated heterocycles. The predicted octanol–water partition coefficient (Wildman–Crippen LogP) is 3.25. The second-order valence-electron chi connectivity index (χ2n) is 8.40. The number of nitrogens with zero attached hydrogens (tertiary/aromatic N) is 2. The molecular weight excluding hydrogens is 343 g/mol. The Kier molecular flexibility index (Phi) is 6.08. The van der Waals surface area contributed by atoms with Crippen molar-refractivity contribution in [1.82, 2.24) is 9.80 Å². The summed E-state index contributed by atoms with van der Waals surface area (Å²) in [5.74, 6) is 0.746. The average molecular weight is 375 g/mol. The van der Waals surface area contributed by atoms with Crippen molar-refractivity contribution >= 4 is 5.91 Å². The van der Waals surface area contributed by atoms with Crippen LogP contribution in [-0.4, -0.2) is 60.6 Å². The fourth-order valence-corrected chi connectivity index (χ4v) is 4.99. The molecule has 0 N–H and O–H groups in total. The Hall–Kier alpha value is -1.46. The van der Waals surface area contributed by atoms with Gasteiger partial charge in [-0.05, 0) is 68.8 Å². The molecule has 3 fully saturated rings. The zero-order valence-corrected chi connectivity index (χ0v) is 16.1. The molecule has 1 aromatic rings. The molecule has 2 unspecified atom stereocenters. The molecule has 27 heavy (non-hydrogen) atoms. The number of amides is 1. The summed E-state index contributed by atoms with van der Waals surface area (Å²) in [5.41, 5.74) is 1.21. The van der Waals surface area contributed by atoms with E-state index in [2.05, 4.69) is 9.80 Å². The van der Waals surface area contributed by atoms with Crippen molar-refractivity contribution in [1.29, 1.82) is 0 Å². The minimum Gasteiger partial charge on any atom is -0.374 e. The highest BCUT2D eigenvalue weighted by molar-refractivity contribution is 5.78.